The van der Waals surface area contributed by atoms with Crippen molar-refractivity contribution in [1.29, 1.82) is 0 Å². The van der Waals surface area contributed by atoms with Gasteiger partial charge in [0.15, 0.2) is 0 Å². The van der Waals surface area contributed by atoms with E-state index in [0.29, 0.717) is 11.5 Å². The van der Waals surface area contributed by atoms with Crippen LogP contribution in [0.1, 0.15) is 40.0 Å². The summed E-state index contributed by atoms with van der Waals surface area (Å²) in [6.45, 7) is 0. The van der Waals surface area contributed by atoms with Gasteiger partial charge in [0, 0.05) is 17.8 Å². The van der Waals surface area contributed by atoms with Crippen molar-refractivity contribution in [2.24, 2.45) is 5.92 Å². The maximum atomic E-state index is 11.2. The van der Waals surface area contributed by atoms with Gasteiger partial charge in [-0.15, -0.1) is 0 Å². The van der Waals surface area contributed by atoms with Crippen molar-refractivity contribution in [1.82, 2.24) is 4.98 Å². The Labute approximate surface area is 128 Å². The molecule has 22 heavy (non-hydrogen) atoms. The maximum absolute atomic E-state index is 11.2. The van der Waals surface area contributed by atoms with E-state index in [-0.39, 0.29) is 12.0 Å². The molecule has 1 aliphatic carbocycles. The van der Waals surface area contributed by atoms with E-state index in [1.807, 2.05) is 30.5 Å². The Bertz CT molecular complexity index is 755. The van der Waals surface area contributed by atoms with Gasteiger partial charge in [0.05, 0.1) is 17.3 Å². The molecule has 1 aromatic carbocycles. The Morgan fingerprint density at radius 2 is 2.18 bits per heavy atom. The Morgan fingerprint density at radius 1 is 1.27 bits per heavy atom. The van der Waals surface area contributed by atoms with E-state index in [0.717, 1.165) is 23.4 Å². The molecule has 2 N–H and O–H groups in total. The smallest absolute Gasteiger partial charge is 0.335 e. The van der Waals surface area contributed by atoms with E-state index in [1.54, 1.807) is 12.1 Å². The molecular weight excluding hydrogens is 276 g/mol. The third kappa shape index (κ3) is 1.99. The number of rotatable bonds is 2. The molecule has 0 amide bonds. The van der Waals surface area contributed by atoms with Crippen molar-refractivity contribution >= 4 is 11.7 Å². The lowest BCUT2D eigenvalue weighted by atomic mass is 9.78. The number of aromatic carboxylic acids is 1. The van der Waals surface area contributed by atoms with Crippen molar-refractivity contribution in [3.63, 3.8) is 0 Å². The first-order valence-electron chi connectivity index (χ1n) is 7.45. The molecule has 110 valence electrons. The van der Waals surface area contributed by atoms with Crippen LogP contribution in [0.5, 0.6) is 0 Å². The molecule has 0 radical (unpaired) electrons. The van der Waals surface area contributed by atoms with E-state index in [4.69, 9.17) is 0 Å². The van der Waals surface area contributed by atoms with Crippen LogP contribution in [-0.2, 0) is 0 Å². The minimum Gasteiger partial charge on any atom is -0.478 e. The normalized spacial score (nSPS) is 25.2. The molecule has 4 nitrogen and oxygen atoms in total. The molecule has 0 unspecified atom stereocenters. The van der Waals surface area contributed by atoms with Crippen molar-refractivity contribution in [3.8, 4) is 0 Å². The van der Waals surface area contributed by atoms with Gasteiger partial charge >= 0.3 is 5.97 Å². The minimum atomic E-state index is -0.881. The molecule has 2 heterocycles. The average Bonchev–Trinajstić information content (AvgIpc) is 3.04. The molecule has 4 heteroatoms. The van der Waals surface area contributed by atoms with Gasteiger partial charge in [0.2, 0.25) is 0 Å². The number of carbonyl (C=O) groups is 1. The lowest BCUT2D eigenvalue weighted by Gasteiger charge is -2.37. The highest BCUT2D eigenvalue weighted by atomic mass is 16.4. The van der Waals surface area contributed by atoms with Crippen molar-refractivity contribution < 1.29 is 9.90 Å². The number of carboxylic acid groups (broad SMARTS) is 1. The van der Waals surface area contributed by atoms with Crippen LogP contribution in [0.15, 0.2) is 54.7 Å². The fourth-order valence-corrected chi connectivity index (χ4v) is 3.58. The second-order valence-electron chi connectivity index (χ2n) is 5.84. The summed E-state index contributed by atoms with van der Waals surface area (Å²) < 4.78 is 0. The summed E-state index contributed by atoms with van der Waals surface area (Å²) in [4.78, 5) is 15.7. The van der Waals surface area contributed by atoms with Crippen LogP contribution < -0.4 is 5.32 Å². The number of fused-ring (bicyclic) bond motifs is 3. The van der Waals surface area contributed by atoms with Crippen LogP contribution in [0.3, 0.4) is 0 Å². The third-order valence-corrected chi connectivity index (χ3v) is 4.62. The van der Waals surface area contributed by atoms with E-state index in [9.17, 15) is 9.90 Å². The number of pyridine rings is 1. The molecule has 0 fully saturated rings. The third-order valence-electron chi connectivity index (χ3n) is 4.62. The molecule has 1 aliphatic heterocycles. The molecule has 1 aromatic heterocycles. The number of benzene rings is 1. The summed E-state index contributed by atoms with van der Waals surface area (Å²) in [7, 11) is 0. The second-order valence-corrected chi connectivity index (χ2v) is 5.84. The van der Waals surface area contributed by atoms with Crippen molar-refractivity contribution in [2.75, 3.05) is 5.32 Å². The zero-order valence-corrected chi connectivity index (χ0v) is 11.9. The number of nitrogens with zero attached hydrogens (tertiary/aromatic N) is 1. The van der Waals surface area contributed by atoms with Gasteiger partial charge in [-0.1, -0.05) is 18.2 Å². The molecule has 0 spiro atoms. The lowest BCUT2D eigenvalue weighted by molar-refractivity contribution is 0.0696. The Kier molecular flexibility index (Phi) is 2.96. The van der Waals surface area contributed by atoms with Crippen LogP contribution in [0, 0.1) is 5.92 Å². The van der Waals surface area contributed by atoms with Crippen LogP contribution in [0.2, 0.25) is 0 Å². The first-order valence-corrected chi connectivity index (χ1v) is 7.45. The summed E-state index contributed by atoms with van der Waals surface area (Å²) in [6.07, 6.45) is 7.19. The maximum Gasteiger partial charge on any atom is 0.335 e. The second kappa shape index (κ2) is 4.98. The van der Waals surface area contributed by atoms with Crippen LogP contribution in [0.25, 0.3) is 0 Å². The Balaban J connectivity index is 1.79. The quantitative estimate of drug-likeness (QED) is 0.830. The lowest BCUT2D eigenvalue weighted by Crippen LogP contribution is -2.29. The van der Waals surface area contributed by atoms with E-state index in [1.165, 1.54) is 0 Å². The SMILES string of the molecule is O=C(O)c1ccc2c(c1)[C@H]1C=CC[C@@H]1[C@H](c1ccccn1)N2. The number of hydrogen-bond acceptors (Lipinski definition) is 3. The standard InChI is InChI=1S/C18H16N2O2/c21-18(22)11-7-8-15-14(10-11)12-4-3-5-13(12)17(20-15)16-6-1-2-9-19-16/h1-4,6-10,12-13,17,20H,5H2,(H,21,22)/t12-,13-,17+/m0/s1. The number of aromatic nitrogens is 1. The van der Waals surface area contributed by atoms with Gasteiger partial charge in [-0.2, -0.15) is 0 Å². The molecular formula is C18H16N2O2. The van der Waals surface area contributed by atoms with Gasteiger partial charge in [0.1, 0.15) is 0 Å². The predicted molar refractivity (Wildman–Crippen MR) is 84.0 cm³/mol. The van der Waals surface area contributed by atoms with Crippen molar-refractivity contribution in [2.45, 2.75) is 18.4 Å². The predicted octanol–water partition coefficient (Wildman–Crippen LogP) is 3.61. The highest BCUT2D eigenvalue weighted by Gasteiger charge is 2.38. The van der Waals surface area contributed by atoms with Gasteiger partial charge in [-0.25, -0.2) is 4.79 Å². The highest BCUT2D eigenvalue weighted by molar-refractivity contribution is 5.89. The molecule has 0 saturated carbocycles. The first kappa shape index (κ1) is 13.1. The number of hydrogen-bond donors (Lipinski definition) is 2. The highest BCUT2D eigenvalue weighted by Crippen LogP contribution is 2.49. The zero-order chi connectivity index (χ0) is 15.1. The zero-order valence-electron chi connectivity index (χ0n) is 11.9. The number of nitrogens with one attached hydrogen (secondary N) is 1. The average molecular weight is 292 g/mol. The van der Waals surface area contributed by atoms with Gasteiger partial charge in [0.25, 0.3) is 0 Å². The van der Waals surface area contributed by atoms with Crippen molar-refractivity contribution in [3.05, 3.63) is 71.6 Å². The van der Waals surface area contributed by atoms with Gasteiger partial charge in [-0.3, -0.25) is 4.98 Å². The van der Waals surface area contributed by atoms with Gasteiger partial charge in [-0.05, 0) is 48.2 Å². The summed E-state index contributed by atoms with van der Waals surface area (Å²) >= 11 is 0. The van der Waals surface area contributed by atoms with E-state index in [2.05, 4.69) is 22.5 Å². The fraction of sp³-hybridized carbons (Fsp3) is 0.222. The summed E-state index contributed by atoms with van der Waals surface area (Å²) in [6, 6.07) is 11.5. The monoisotopic (exact) mass is 292 g/mol. The molecule has 0 bridgehead atoms. The van der Waals surface area contributed by atoms with E-state index >= 15 is 0 Å². The topological polar surface area (TPSA) is 62.2 Å². The molecule has 2 aromatic rings. The molecule has 2 aliphatic rings. The van der Waals surface area contributed by atoms with Crippen LogP contribution in [0.4, 0.5) is 5.69 Å². The number of anilines is 1. The minimum absolute atomic E-state index is 0.157. The number of carboxylic acids is 1. The summed E-state index contributed by atoms with van der Waals surface area (Å²) in [5.74, 6) is -0.248. The Hall–Kier alpha value is -2.62. The largest absolute Gasteiger partial charge is 0.478 e. The fourth-order valence-electron chi connectivity index (χ4n) is 3.58. The summed E-state index contributed by atoms with van der Waals surface area (Å²) in [5.41, 5.74) is 3.46. The Morgan fingerprint density at radius 3 is 2.95 bits per heavy atom. The van der Waals surface area contributed by atoms with Crippen LogP contribution in [-0.4, -0.2) is 16.1 Å². The first-order chi connectivity index (χ1) is 10.7. The summed E-state index contributed by atoms with van der Waals surface area (Å²) in [5, 5.41) is 12.8. The van der Waals surface area contributed by atoms with Gasteiger partial charge < -0.3 is 10.4 Å². The molecule has 4 rings (SSSR count). The molecule has 0 saturated heterocycles. The van der Waals surface area contributed by atoms with Crippen LogP contribution >= 0.6 is 0 Å². The number of allylic oxidation sites excluding steroid dienone is 2. The molecule has 3 atom stereocenters. The van der Waals surface area contributed by atoms with E-state index < -0.39 is 5.97 Å².